The van der Waals surface area contributed by atoms with Crippen LogP contribution in [0.3, 0.4) is 0 Å². The molecule has 2 fully saturated rings. The second kappa shape index (κ2) is 11.6. The Morgan fingerprint density at radius 2 is 1.73 bits per heavy atom. The lowest BCUT2D eigenvalue weighted by atomic mass is 9.63. The summed E-state index contributed by atoms with van der Waals surface area (Å²) >= 11 is 0. The quantitative estimate of drug-likeness (QED) is 0.248. The number of hydrogen-bond acceptors (Lipinski definition) is 0. The minimum Gasteiger partial charge on any atom is -0.206 e. The van der Waals surface area contributed by atoms with Gasteiger partial charge in [0.25, 0.3) is 0 Å². The molecule has 0 amide bonds. The first-order valence-electron chi connectivity index (χ1n) is 13.6. The SMILES string of the molecule is C=CCCc1ccc2cc(C3CCC4CC(CCCCCCC)CCC4C3)cc(F)c2c1F. The Morgan fingerprint density at radius 3 is 2.55 bits per heavy atom. The van der Waals surface area contributed by atoms with Gasteiger partial charge in [-0.15, -0.1) is 6.58 Å². The fraction of sp³-hybridized carbons (Fsp3) is 0.613. The number of benzene rings is 2. The zero-order valence-electron chi connectivity index (χ0n) is 20.6. The standard InChI is InChI=1S/C31H42F2/c1-3-5-7-8-9-10-22-12-13-25-19-26(16-15-24(25)18-22)28-20-27-17-14-23(11-6-4-2)31(33)30(27)29(32)21-28/h4,14,17,20-22,24-26H,2-3,5-13,15-16,18-19H2,1H3. The van der Waals surface area contributed by atoms with Crippen LogP contribution in [0.1, 0.15) is 107 Å². The van der Waals surface area contributed by atoms with Crippen LogP contribution in [0.25, 0.3) is 10.8 Å². The molecule has 0 spiro atoms. The average Bonchev–Trinajstić information content (AvgIpc) is 2.83. The molecule has 2 aromatic rings. The van der Waals surface area contributed by atoms with Crippen molar-refractivity contribution in [2.24, 2.45) is 17.8 Å². The third kappa shape index (κ3) is 5.87. The third-order valence-electron chi connectivity index (χ3n) is 8.64. The number of aryl methyl sites for hydroxylation is 1. The number of hydrogen-bond donors (Lipinski definition) is 0. The summed E-state index contributed by atoms with van der Waals surface area (Å²) in [6, 6.07) is 7.42. The second-order valence-electron chi connectivity index (χ2n) is 10.9. The van der Waals surface area contributed by atoms with Gasteiger partial charge in [-0.2, -0.15) is 0 Å². The summed E-state index contributed by atoms with van der Waals surface area (Å²) in [7, 11) is 0. The molecule has 2 aliphatic rings. The Kier molecular flexibility index (Phi) is 8.61. The van der Waals surface area contributed by atoms with Crippen LogP contribution < -0.4 is 0 Å². The fourth-order valence-electron chi connectivity index (χ4n) is 6.71. The van der Waals surface area contributed by atoms with Gasteiger partial charge in [0.05, 0.1) is 5.39 Å². The summed E-state index contributed by atoms with van der Waals surface area (Å²) in [6.45, 7) is 5.99. The fourth-order valence-corrected chi connectivity index (χ4v) is 6.71. The van der Waals surface area contributed by atoms with Gasteiger partial charge in [0.2, 0.25) is 0 Å². The summed E-state index contributed by atoms with van der Waals surface area (Å²) in [5.74, 6) is 2.22. The molecular weight excluding hydrogens is 410 g/mol. The number of rotatable bonds is 10. The van der Waals surface area contributed by atoms with Gasteiger partial charge in [0.15, 0.2) is 0 Å². The predicted molar refractivity (Wildman–Crippen MR) is 137 cm³/mol. The van der Waals surface area contributed by atoms with Crippen LogP contribution in [0, 0.1) is 29.4 Å². The van der Waals surface area contributed by atoms with E-state index in [2.05, 4.69) is 19.6 Å². The molecule has 33 heavy (non-hydrogen) atoms. The Balaban J connectivity index is 1.38. The smallest absolute Gasteiger partial charge is 0.137 e. The van der Waals surface area contributed by atoms with E-state index in [9.17, 15) is 4.39 Å². The zero-order valence-corrected chi connectivity index (χ0v) is 20.6. The Morgan fingerprint density at radius 1 is 0.939 bits per heavy atom. The van der Waals surface area contributed by atoms with Crippen molar-refractivity contribution in [2.75, 3.05) is 0 Å². The first kappa shape index (κ1) is 24.4. The lowest BCUT2D eigenvalue weighted by Gasteiger charge is -2.42. The molecule has 0 aliphatic heterocycles. The highest BCUT2D eigenvalue weighted by molar-refractivity contribution is 5.85. The van der Waals surface area contributed by atoms with E-state index < -0.39 is 11.6 Å². The zero-order chi connectivity index (χ0) is 23.2. The highest BCUT2D eigenvalue weighted by Crippen LogP contribution is 2.49. The Bertz CT molecular complexity index is 930. The normalized spacial score (nSPS) is 25.2. The van der Waals surface area contributed by atoms with E-state index in [1.165, 1.54) is 70.6 Å². The Hall–Kier alpha value is -1.70. The average molecular weight is 453 g/mol. The van der Waals surface area contributed by atoms with Crippen molar-refractivity contribution < 1.29 is 8.78 Å². The van der Waals surface area contributed by atoms with Gasteiger partial charge in [0.1, 0.15) is 11.6 Å². The van der Waals surface area contributed by atoms with Crippen molar-refractivity contribution in [1.82, 2.24) is 0 Å². The first-order chi connectivity index (χ1) is 16.1. The molecule has 180 valence electrons. The highest BCUT2D eigenvalue weighted by Gasteiger charge is 2.36. The maximum absolute atomic E-state index is 15.1. The van der Waals surface area contributed by atoms with Crippen LogP contribution in [-0.2, 0) is 6.42 Å². The summed E-state index contributed by atoms with van der Waals surface area (Å²) < 4.78 is 30.0. The van der Waals surface area contributed by atoms with Crippen molar-refractivity contribution in [1.29, 1.82) is 0 Å². The van der Waals surface area contributed by atoms with Gasteiger partial charge in [0, 0.05) is 0 Å². The maximum Gasteiger partial charge on any atom is 0.137 e. The molecule has 4 unspecified atom stereocenters. The lowest BCUT2D eigenvalue weighted by molar-refractivity contribution is 0.113. The van der Waals surface area contributed by atoms with Gasteiger partial charge in [-0.05, 0) is 91.2 Å². The summed E-state index contributed by atoms with van der Waals surface area (Å²) in [5.41, 5.74) is 1.66. The Labute approximate surface area is 199 Å². The third-order valence-corrected chi connectivity index (χ3v) is 8.64. The predicted octanol–water partition coefficient (Wildman–Crippen LogP) is 9.90. The van der Waals surface area contributed by atoms with Crippen molar-refractivity contribution in [3.8, 4) is 0 Å². The molecular formula is C31H42F2. The van der Waals surface area contributed by atoms with Crippen LogP contribution in [0.4, 0.5) is 8.78 Å². The number of halogens is 2. The molecule has 2 saturated carbocycles. The van der Waals surface area contributed by atoms with E-state index in [-0.39, 0.29) is 5.39 Å². The van der Waals surface area contributed by atoms with Crippen molar-refractivity contribution >= 4 is 10.8 Å². The van der Waals surface area contributed by atoms with E-state index >= 15 is 4.39 Å². The van der Waals surface area contributed by atoms with Crippen LogP contribution >= 0.6 is 0 Å². The van der Waals surface area contributed by atoms with E-state index in [0.29, 0.717) is 29.7 Å². The molecule has 4 rings (SSSR count). The van der Waals surface area contributed by atoms with Gasteiger partial charge in [-0.3, -0.25) is 0 Å². The van der Waals surface area contributed by atoms with Crippen molar-refractivity contribution in [3.63, 3.8) is 0 Å². The van der Waals surface area contributed by atoms with E-state index in [4.69, 9.17) is 0 Å². The first-order valence-corrected chi connectivity index (χ1v) is 13.6. The van der Waals surface area contributed by atoms with Crippen LogP contribution in [0.2, 0.25) is 0 Å². The van der Waals surface area contributed by atoms with Gasteiger partial charge in [-0.1, -0.05) is 76.1 Å². The minimum absolute atomic E-state index is 0.161. The number of unbranched alkanes of at least 4 members (excludes halogenated alkanes) is 4. The van der Waals surface area contributed by atoms with Gasteiger partial charge >= 0.3 is 0 Å². The molecule has 2 aliphatic carbocycles. The summed E-state index contributed by atoms with van der Waals surface area (Å²) in [5, 5.41) is 0.868. The molecule has 0 bridgehead atoms. The van der Waals surface area contributed by atoms with Crippen LogP contribution in [0.5, 0.6) is 0 Å². The monoisotopic (exact) mass is 452 g/mol. The van der Waals surface area contributed by atoms with Gasteiger partial charge in [-0.25, -0.2) is 8.78 Å². The molecule has 0 saturated heterocycles. The topological polar surface area (TPSA) is 0 Å². The summed E-state index contributed by atoms with van der Waals surface area (Å²) in [6.07, 6.45) is 19.1. The van der Waals surface area contributed by atoms with Gasteiger partial charge < -0.3 is 0 Å². The van der Waals surface area contributed by atoms with E-state index in [1.807, 2.05) is 12.1 Å². The molecule has 0 heterocycles. The largest absolute Gasteiger partial charge is 0.206 e. The summed E-state index contributed by atoms with van der Waals surface area (Å²) in [4.78, 5) is 0. The number of fused-ring (bicyclic) bond motifs is 2. The van der Waals surface area contributed by atoms with Crippen LogP contribution in [-0.4, -0.2) is 0 Å². The molecule has 0 N–H and O–H groups in total. The van der Waals surface area contributed by atoms with Crippen molar-refractivity contribution in [2.45, 2.75) is 103 Å². The van der Waals surface area contributed by atoms with Crippen molar-refractivity contribution in [3.05, 3.63) is 59.7 Å². The number of allylic oxidation sites excluding steroid dienone is 1. The van der Waals surface area contributed by atoms with E-state index in [1.54, 1.807) is 12.1 Å². The highest BCUT2D eigenvalue weighted by atomic mass is 19.1. The molecule has 0 aromatic heterocycles. The maximum atomic E-state index is 15.1. The van der Waals surface area contributed by atoms with E-state index in [0.717, 1.165) is 29.7 Å². The molecule has 4 atom stereocenters. The molecule has 2 heteroatoms. The molecule has 0 nitrogen and oxygen atoms in total. The molecule has 2 aromatic carbocycles. The second-order valence-corrected chi connectivity index (χ2v) is 10.9. The lowest BCUT2D eigenvalue weighted by Crippen LogP contribution is -2.30. The molecule has 0 radical (unpaired) electrons. The van der Waals surface area contributed by atoms with Crippen LogP contribution in [0.15, 0.2) is 36.9 Å². The minimum atomic E-state index is -0.394.